The van der Waals surface area contributed by atoms with E-state index in [2.05, 4.69) is 10.1 Å². The Balaban J connectivity index is 2.13. The van der Waals surface area contributed by atoms with Gasteiger partial charge < -0.3 is 15.8 Å². The molecule has 3 nitrogen and oxygen atoms in total. The van der Waals surface area contributed by atoms with Crippen molar-refractivity contribution in [3.8, 4) is 5.75 Å². The first-order chi connectivity index (χ1) is 9.99. The van der Waals surface area contributed by atoms with Crippen molar-refractivity contribution in [2.75, 3.05) is 6.54 Å². The zero-order valence-corrected chi connectivity index (χ0v) is 11.8. The molecule has 0 aliphatic heterocycles. The number of halogens is 3. The van der Waals surface area contributed by atoms with Gasteiger partial charge in [0.2, 0.25) is 0 Å². The summed E-state index contributed by atoms with van der Waals surface area (Å²) in [7, 11) is 0. The lowest BCUT2D eigenvalue weighted by atomic mass is 9.94. The molecule has 3 N–H and O–H groups in total. The topological polar surface area (TPSA) is 47.3 Å². The molecule has 0 spiro atoms. The molecule has 1 aliphatic rings. The number of alkyl halides is 3. The molecule has 1 aromatic rings. The maximum atomic E-state index is 12.5. The Morgan fingerprint density at radius 2 is 1.86 bits per heavy atom. The first-order valence-electron chi connectivity index (χ1n) is 7.30. The highest BCUT2D eigenvalue weighted by Gasteiger charge is 2.33. The van der Waals surface area contributed by atoms with E-state index < -0.39 is 6.36 Å². The summed E-state index contributed by atoms with van der Waals surface area (Å²) in [6.45, 7) is 0.231. The Hall–Kier alpha value is -1.27. The van der Waals surface area contributed by atoms with Gasteiger partial charge in [0.05, 0.1) is 0 Å². The summed E-state index contributed by atoms with van der Waals surface area (Å²) >= 11 is 0. The van der Waals surface area contributed by atoms with Crippen molar-refractivity contribution in [1.82, 2.24) is 5.32 Å². The molecule has 0 heterocycles. The first-order valence-corrected chi connectivity index (χ1v) is 7.30. The molecule has 118 valence electrons. The fourth-order valence-corrected chi connectivity index (χ4v) is 2.82. The monoisotopic (exact) mass is 302 g/mol. The Morgan fingerprint density at radius 1 is 1.19 bits per heavy atom. The minimum atomic E-state index is -4.69. The Bertz CT molecular complexity index is 445. The van der Waals surface area contributed by atoms with Gasteiger partial charge in [-0.05, 0) is 18.9 Å². The molecule has 1 fully saturated rings. The molecule has 0 radical (unpaired) electrons. The average molecular weight is 302 g/mol. The van der Waals surface area contributed by atoms with Gasteiger partial charge in [0.25, 0.3) is 0 Å². The molecular formula is C15H21F3N2O. The van der Waals surface area contributed by atoms with Crippen LogP contribution in [0.5, 0.6) is 5.75 Å². The third kappa shape index (κ3) is 4.89. The van der Waals surface area contributed by atoms with E-state index in [4.69, 9.17) is 5.73 Å². The molecule has 2 rings (SSSR count). The number of nitrogens with one attached hydrogen (secondary N) is 1. The van der Waals surface area contributed by atoms with Crippen LogP contribution in [0.1, 0.15) is 43.7 Å². The van der Waals surface area contributed by atoms with E-state index in [9.17, 15) is 13.2 Å². The lowest BCUT2D eigenvalue weighted by molar-refractivity contribution is -0.275. The molecule has 1 atom stereocenters. The highest BCUT2D eigenvalue weighted by Crippen LogP contribution is 2.31. The number of rotatable bonds is 5. The van der Waals surface area contributed by atoms with Gasteiger partial charge in [-0.1, -0.05) is 37.5 Å². The van der Waals surface area contributed by atoms with Gasteiger partial charge in [-0.25, -0.2) is 0 Å². The van der Waals surface area contributed by atoms with Crippen molar-refractivity contribution in [1.29, 1.82) is 0 Å². The molecule has 0 aromatic heterocycles. The van der Waals surface area contributed by atoms with Gasteiger partial charge in [-0.15, -0.1) is 13.2 Å². The highest BCUT2D eigenvalue weighted by atomic mass is 19.4. The fraction of sp³-hybridized carbons (Fsp3) is 0.600. The molecule has 0 bridgehead atoms. The van der Waals surface area contributed by atoms with Crippen LogP contribution in [0.15, 0.2) is 24.3 Å². The van der Waals surface area contributed by atoms with Crippen molar-refractivity contribution in [2.45, 2.75) is 50.6 Å². The number of ether oxygens (including phenoxy) is 1. The summed E-state index contributed by atoms with van der Waals surface area (Å²) in [4.78, 5) is 0. The quantitative estimate of drug-likeness (QED) is 0.875. The molecule has 0 saturated heterocycles. The van der Waals surface area contributed by atoms with Crippen LogP contribution in [0.2, 0.25) is 0 Å². The Labute approximate surface area is 122 Å². The number of para-hydroxylation sites is 1. The van der Waals surface area contributed by atoms with E-state index in [1.54, 1.807) is 12.1 Å². The van der Waals surface area contributed by atoms with Crippen LogP contribution in [0.4, 0.5) is 13.2 Å². The lowest BCUT2D eigenvalue weighted by Crippen LogP contribution is -2.38. The molecule has 1 aromatic carbocycles. The largest absolute Gasteiger partial charge is 0.573 e. The van der Waals surface area contributed by atoms with E-state index in [1.165, 1.54) is 18.6 Å². The smallest absolute Gasteiger partial charge is 0.405 e. The fourth-order valence-electron chi connectivity index (χ4n) is 2.82. The van der Waals surface area contributed by atoms with Crippen LogP contribution >= 0.6 is 0 Å². The average Bonchev–Trinajstić information content (AvgIpc) is 2.45. The second kappa shape index (κ2) is 7.13. The summed E-state index contributed by atoms with van der Waals surface area (Å²) in [6.07, 6.45) is 0.905. The second-order valence-corrected chi connectivity index (χ2v) is 5.38. The minimum absolute atomic E-state index is 0.177. The summed E-state index contributed by atoms with van der Waals surface area (Å²) in [5, 5.41) is 3.38. The first kappa shape index (κ1) is 16.1. The molecular weight excluding hydrogens is 281 g/mol. The van der Waals surface area contributed by atoms with Crippen molar-refractivity contribution < 1.29 is 17.9 Å². The summed E-state index contributed by atoms with van der Waals surface area (Å²) < 4.78 is 41.5. The highest BCUT2D eigenvalue weighted by molar-refractivity contribution is 5.36. The van der Waals surface area contributed by atoms with E-state index in [0.29, 0.717) is 11.6 Å². The van der Waals surface area contributed by atoms with Gasteiger partial charge in [0, 0.05) is 24.2 Å². The predicted molar refractivity (Wildman–Crippen MR) is 74.9 cm³/mol. The van der Waals surface area contributed by atoms with Crippen LogP contribution in [0, 0.1) is 0 Å². The third-order valence-corrected chi connectivity index (χ3v) is 3.80. The van der Waals surface area contributed by atoms with Crippen LogP contribution in [0.3, 0.4) is 0 Å². The van der Waals surface area contributed by atoms with Crippen LogP contribution in [-0.4, -0.2) is 18.9 Å². The molecule has 21 heavy (non-hydrogen) atoms. The number of hydrogen-bond donors (Lipinski definition) is 2. The standard InChI is InChI=1S/C15H21F3N2O/c16-15(17,18)21-14-9-5-4-8-12(14)13(10-19)20-11-6-2-1-3-7-11/h4-5,8-9,11,13,20H,1-3,6-7,10,19H2. The second-order valence-electron chi connectivity index (χ2n) is 5.38. The van der Waals surface area contributed by atoms with Crippen LogP contribution in [0.25, 0.3) is 0 Å². The van der Waals surface area contributed by atoms with Gasteiger partial charge in [0.1, 0.15) is 5.75 Å². The number of hydrogen-bond acceptors (Lipinski definition) is 3. The zero-order valence-electron chi connectivity index (χ0n) is 11.8. The van der Waals surface area contributed by atoms with E-state index in [-0.39, 0.29) is 18.3 Å². The Kier molecular flexibility index (Phi) is 5.47. The van der Waals surface area contributed by atoms with Crippen molar-refractivity contribution >= 4 is 0 Å². The molecule has 6 heteroatoms. The van der Waals surface area contributed by atoms with E-state index in [1.807, 2.05) is 0 Å². The maximum absolute atomic E-state index is 12.5. The van der Waals surface area contributed by atoms with Gasteiger partial charge >= 0.3 is 6.36 Å². The molecule has 1 unspecified atom stereocenters. The third-order valence-electron chi connectivity index (χ3n) is 3.80. The van der Waals surface area contributed by atoms with E-state index >= 15 is 0 Å². The van der Waals surface area contributed by atoms with Crippen molar-refractivity contribution in [3.05, 3.63) is 29.8 Å². The SMILES string of the molecule is NCC(NC1CCCCC1)c1ccccc1OC(F)(F)F. The van der Waals surface area contributed by atoms with Crippen molar-refractivity contribution in [2.24, 2.45) is 5.73 Å². The van der Waals surface area contributed by atoms with Crippen LogP contribution in [-0.2, 0) is 0 Å². The summed E-state index contributed by atoms with van der Waals surface area (Å²) in [5.41, 5.74) is 6.22. The maximum Gasteiger partial charge on any atom is 0.573 e. The van der Waals surface area contributed by atoms with Crippen LogP contribution < -0.4 is 15.8 Å². The predicted octanol–water partition coefficient (Wildman–Crippen LogP) is 3.51. The molecule has 1 aliphatic carbocycles. The van der Waals surface area contributed by atoms with Crippen molar-refractivity contribution in [3.63, 3.8) is 0 Å². The van der Waals surface area contributed by atoms with Gasteiger partial charge in [0.15, 0.2) is 0 Å². The molecule has 1 saturated carbocycles. The van der Waals surface area contributed by atoms with Gasteiger partial charge in [-0.2, -0.15) is 0 Å². The molecule has 0 amide bonds. The van der Waals surface area contributed by atoms with Gasteiger partial charge in [-0.3, -0.25) is 0 Å². The number of benzene rings is 1. The van der Waals surface area contributed by atoms with E-state index in [0.717, 1.165) is 25.7 Å². The minimum Gasteiger partial charge on any atom is -0.405 e. The summed E-state index contributed by atoms with van der Waals surface area (Å²) in [6, 6.07) is 6.17. The normalized spacial score (nSPS) is 18.5. The number of nitrogens with two attached hydrogens (primary N) is 1. The zero-order chi connectivity index (χ0) is 15.3. The lowest BCUT2D eigenvalue weighted by Gasteiger charge is -2.29. The summed E-state index contributed by atoms with van der Waals surface area (Å²) in [5.74, 6) is -0.177. The Morgan fingerprint density at radius 3 is 2.48 bits per heavy atom.